The van der Waals surface area contributed by atoms with Gasteiger partial charge in [0.05, 0.1) is 31.5 Å². The molecule has 1 fully saturated rings. The average Bonchev–Trinajstić information content (AvgIpc) is 2.45. The highest BCUT2D eigenvalue weighted by Gasteiger charge is 2.34. The molecule has 116 valence electrons. The van der Waals surface area contributed by atoms with Gasteiger partial charge in [-0.1, -0.05) is 0 Å². The van der Waals surface area contributed by atoms with E-state index in [0.717, 1.165) is 6.07 Å². The Kier molecular flexibility index (Phi) is 4.79. The smallest absolute Gasteiger partial charge is 0.376 e. The molecule has 2 rings (SSSR count). The highest BCUT2D eigenvalue weighted by Crippen LogP contribution is 2.31. The molecule has 1 aliphatic heterocycles. The first-order valence-electron chi connectivity index (χ1n) is 6.22. The standard InChI is InChI=1S/C13H13F4NO3/c14-11-2-1-8(5-10(11)13(15,16)17)12(19)18-6-9-7-20-3-4-21-9/h1-2,5,9H,3-4,6-7H2,(H,18,19). The Morgan fingerprint density at radius 2 is 2.10 bits per heavy atom. The molecule has 0 bridgehead atoms. The second-order valence-electron chi connectivity index (χ2n) is 4.47. The molecule has 1 amide bonds. The zero-order chi connectivity index (χ0) is 15.5. The number of hydrogen-bond donors (Lipinski definition) is 1. The Bertz CT molecular complexity index is 513. The quantitative estimate of drug-likeness (QED) is 0.869. The van der Waals surface area contributed by atoms with E-state index in [0.29, 0.717) is 32.0 Å². The summed E-state index contributed by atoms with van der Waals surface area (Å²) >= 11 is 0. The van der Waals surface area contributed by atoms with Crippen molar-refractivity contribution in [2.45, 2.75) is 12.3 Å². The van der Waals surface area contributed by atoms with Crippen LogP contribution in [0.3, 0.4) is 0 Å². The third-order valence-corrected chi connectivity index (χ3v) is 2.91. The van der Waals surface area contributed by atoms with E-state index in [9.17, 15) is 22.4 Å². The minimum Gasteiger partial charge on any atom is -0.376 e. The number of amides is 1. The summed E-state index contributed by atoms with van der Waals surface area (Å²) in [6, 6.07) is 2.11. The van der Waals surface area contributed by atoms with Gasteiger partial charge in [-0.3, -0.25) is 4.79 Å². The lowest BCUT2D eigenvalue weighted by Crippen LogP contribution is -2.39. The zero-order valence-electron chi connectivity index (χ0n) is 10.9. The van der Waals surface area contributed by atoms with E-state index in [4.69, 9.17) is 9.47 Å². The van der Waals surface area contributed by atoms with Crippen LogP contribution in [0.1, 0.15) is 15.9 Å². The second kappa shape index (κ2) is 6.40. The van der Waals surface area contributed by atoms with E-state index >= 15 is 0 Å². The lowest BCUT2D eigenvalue weighted by atomic mass is 10.1. The van der Waals surface area contributed by atoms with Crippen LogP contribution in [0.4, 0.5) is 17.6 Å². The molecule has 1 aromatic carbocycles. The first-order valence-corrected chi connectivity index (χ1v) is 6.22. The monoisotopic (exact) mass is 307 g/mol. The van der Waals surface area contributed by atoms with E-state index in [1.54, 1.807) is 0 Å². The van der Waals surface area contributed by atoms with Crippen LogP contribution in [-0.4, -0.2) is 38.4 Å². The van der Waals surface area contributed by atoms with Gasteiger partial charge in [0.25, 0.3) is 5.91 Å². The van der Waals surface area contributed by atoms with Gasteiger partial charge in [0.1, 0.15) is 5.82 Å². The van der Waals surface area contributed by atoms with Gasteiger partial charge < -0.3 is 14.8 Å². The van der Waals surface area contributed by atoms with Crippen LogP contribution in [0.15, 0.2) is 18.2 Å². The van der Waals surface area contributed by atoms with E-state index in [-0.39, 0.29) is 18.2 Å². The first kappa shape index (κ1) is 15.7. The summed E-state index contributed by atoms with van der Waals surface area (Å²) in [5.41, 5.74) is -1.73. The molecule has 0 aromatic heterocycles. The predicted octanol–water partition coefficient (Wildman–Crippen LogP) is 1.99. The molecule has 1 aliphatic rings. The number of benzene rings is 1. The summed E-state index contributed by atoms with van der Waals surface area (Å²) in [6.45, 7) is 1.28. The van der Waals surface area contributed by atoms with Crippen molar-refractivity contribution in [1.82, 2.24) is 5.32 Å². The van der Waals surface area contributed by atoms with Gasteiger partial charge in [-0.15, -0.1) is 0 Å². The molecule has 0 spiro atoms. The van der Waals surface area contributed by atoms with Crippen LogP contribution in [0.5, 0.6) is 0 Å². The summed E-state index contributed by atoms with van der Waals surface area (Å²) in [6.07, 6.45) is -5.19. The van der Waals surface area contributed by atoms with Crippen LogP contribution in [0, 0.1) is 5.82 Å². The number of halogens is 4. The van der Waals surface area contributed by atoms with Crippen LogP contribution >= 0.6 is 0 Å². The summed E-state index contributed by atoms with van der Waals surface area (Å²) in [5, 5.41) is 2.43. The summed E-state index contributed by atoms with van der Waals surface area (Å²) in [7, 11) is 0. The molecule has 21 heavy (non-hydrogen) atoms. The maximum absolute atomic E-state index is 13.1. The zero-order valence-corrected chi connectivity index (χ0v) is 10.9. The largest absolute Gasteiger partial charge is 0.419 e. The molecule has 8 heteroatoms. The fourth-order valence-electron chi connectivity index (χ4n) is 1.85. The van der Waals surface area contributed by atoms with Crippen molar-refractivity contribution in [3.8, 4) is 0 Å². The molecule has 1 unspecified atom stereocenters. The van der Waals surface area contributed by atoms with Crippen molar-refractivity contribution in [3.05, 3.63) is 35.1 Å². The number of carbonyl (C=O) groups is 1. The number of alkyl halides is 3. The molecule has 0 radical (unpaired) electrons. The van der Waals surface area contributed by atoms with Crippen molar-refractivity contribution in [2.24, 2.45) is 0 Å². The fraction of sp³-hybridized carbons (Fsp3) is 0.462. The molecular weight excluding hydrogens is 294 g/mol. The van der Waals surface area contributed by atoms with Crippen LogP contribution in [-0.2, 0) is 15.7 Å². The number of carbonyl (C=O) groups excluding carboxylic acids is 1. The lowest BCUT2D eigenvalue weighted by molar-refractivity contribution is -0.140. The van der Waals surface area contributed by atoms with E-state index < -0.39 is 23.5 Å². The number of ether oxygens (including phenoxy) is 2. The van der Waals surface area contributed by atoms with Crippen molar-refractivity contribution in [2.75, 3.05) is 26.4 Å². The first-order chi connectivity index (χ1) is 9.88. The Labute approximate surface area is 118 Å². The van der Waals surface area contributed by atoms with Gasteiger partial charge in [-0.2, -0.15) is 13.2 Å². The van der Waals surface area contributed by atoms with Gasteiger partial charge >= 0.3 is 6.18 Å². The minimum absolute atomic E-state index is 0.109. The Balaban J connectivity index is 2.02. The van der Waals surface area contributed by atoms with Crippen molar-refractivity contribution in [3.63, 3.8) is 0 Å². The van der Waals surface area contributed by atoms with Gasteiger partial charge in [0.15, 0.2) is 0 Å². The van der Waals surface area contributed by atoms with Gasteiger partial charge in [0, 0.05) is 12.1 Å². The molecule has 1 atom stereocenters. The lowest BCUT2D eigenvalue weighted by Gasteiger charge is -2.23. The van der Waals surface area contributed by atoms with E-state index in [1.165, 1.54) is 0 Å². The predicted molar refractivity (Wildman–Crippen MR) is 64.3 cm³/mol. The number of rotatable bonds is 3. The Morgan fingerprint density at radius 1 is 1.33 bits per heavy atom. The highest BCUT2D eigenvalue weighted by molar-refractivity contribution is 5.94. The molecular formula is C13H13F4NO3. The molecule has 0 saturated carbocycles. The highest BCUT2D eigenvalue weighted by atomic mass is 19.4. The molecule has 1 saturated heterocycles. The normalized spacial score (nSPS) is 19.3. The van der Waals surface area contributed by atoms with Crippen molar-refractivity contribution >= 4 is 5.91 Å². The van der Waals surface area contributed by atoms with Crippen molar-refractivity contribution < 1.29 is 31.8 Å². The van der Waals surface area contributed by atoms with Gasteiger partial charge in [-0.05, 0) is 18.2 Å². The Morgan fingerprint density at radius 3 is 2.71 bits per heavy atom. The maximum atomic E-state index is 13.1. The molecule has 1 N–H and O–H groups in total. The third kappa shape index (κ3) is 4.15. The topological polar surface area (TPSA) is 47.6 Å². The summed E-state index contributed by atoms with van der Waals surface area (Å²) in [4.78, 5) is 11.8. The van der Waals surface area contributed by atoms with E-state index in [2.05, 4.69) is 5.32 Å². The average molecular weight is 307 g/mol. The Hall–Kier alpha value is -1.67. The minimum atomic E-state index is -4.85. The van der Waals surface area contributed by atoms with Crippen LogP contribution < -0.4 is 5.32 Å². The summed E-state index contributed by atoms with van der Waals surface area (Å²) < 4.78 is 61.2. The number of nitrogens with one attached hydrogen (secondary N) is 1. The van der Waals surface area contributed by atoms with E-state index in [1.807, 2.05) is 0 Å². The summed E-state index contributed by atoms with van der Waals surface area (Å²) in [5.74, 6) is -2.14. The second-order valence-corrected chi connectivity index (χ2v) is 4.47. The molecule has 1 aromatic rings. The molecule has 4 nitrogen and oxygen atoms in total. The number of hydrogen-bond acceptors (Lipinski definition) is 3. The maximum Gasteiger partial charge on any atom is 0.419 e. The van der Waals surface area contributed by atoms with Crippen LogP contribution in [0.25, 0.3) is 0 Å². The van der Waals surface area contributed by atoms with Crippen molar-refractivity contribution in [1.29, 1.82) is 0 Å². The molecule has 1 heterocycles. The van der Waals surface area contributed by atoms with Crippen LogP contribution in [0.2, 0.25) is 0 Å². The SMILES string of the molecule is O=C(NCC1COCCO1)c1ccc(F)c(C(F)(F)F)c1. The van der Waals surface area contributed by atoms with Gasteiger partial charge in [0.2, 0.25) is 0 Å². The third-order valence-electron chi connectivity index (χ3n) is 2.91. The fourth-order valence-corrected chi connectivity index (χ4v) is 1.85. The van der Waals surface area contributed by atoms with Gasteiger partial charge in [-0.25, -0.2) is 4.39 Å². The molecule has 0 aliphatic carbocycles.